The second kappa shape index (κ2) is 22.4. The van der Waals surface area contributed by atoms with Crippen LogP contribution in [-0.2, 0) is 20.7 Å². The van der Waals surface area contributed by atoms with E-state index in [-0.39, 0.29) is 28.6 Å². The predicted octanol–water partition coefficient (Wildman–Crippen LogP) is 8.38. The van der Waals surface area contributed by atoms with Gasteiger partial charge in [0.1, 0.15) is 22.9 Å². The van der Waals surface area contributed by atoms with E-state index in [2.05, 4.69) is 71.8 Å². The SMILES string of the molecule is COc1ccc(-n2nc(C(C)=O)c3c2C(=O)N(c2ccc(I)cc2)CC3)cc1.COc1ccc(N/N=C(\Cl)C(C)=O)cc1.O=C1C(N2CCOCC2)=CCCN1c1ccc(I)cc1. The topological polar surface area (TPSA) is 148 Å². The summed E-state index contributed by atoms with van der Waals surface area (Å²) in [7, 11) is 3.19. The maximum atomic E-state index is 13.4. The Labute approximate surface area is 398 Å². The highest BCUT2D eigenvalue weighted by atomic mass is 127. The molecule has 0 spiro atoms. The van der Waals surface area contributed by atoms with Gasteiger partial charge >= 0.3 is 0 Å². The Morgan fingerprint density at radius 2 is 1.25 bits per heavy atom. The second-order valence-electron chi connectivity index (χ2n) is 14.2. The van der Waals surface area contributed by atoms with E-state index >= 15 is 0 Å². The summed E-state index contributed by atoms with van der Waals surface area (Å²) in [5, 5.41) is 8.10. The number of halogens is 3. The lowest BCUT2D eigenvalue weighted by atomic mass is 10.0. The van der Waals surface area contributed by atoms with Crippen molar-refractivity contribution in [3.8, 4) is 17.2 Å². The molecule has 3 aliphatic heterocycles. The first-order chi connectivity index (χ1) is 30.4. The Balaban J connectivity index is 0.000000166. The molecule has 5 aromatic rings. The summed E-state index contributed by atoms with van der Waals surface area (Å²) in [5.41, 5.74) is 8.27. The van der Waals surface area contributed by atoms with E-state index in [0.717, 1.165) is 63.7 Å². The number of hydrazone groups is 1. The monoisotopic (exact) mass is 1100 g/mol. The fourth-order valence-electron chi connectivity index (χ4n) is 6.87. The zero-order valence-electron chi connectivity index (χ0n) is 35.1. The van der Waals surface area contributed by atoms with Crippen LogP contribution in [0.4, 0.5) is 17.1 Å². The first-order valence-electron chi connectivity index (χ1n) is 20.0. The number of carbonyl (C=O) groups excluding carboxylic acids is 4. The zero-order valence-corrected chi connectivity index (χ0v) is 40.2. The minimum atomic E-state index is -0.280. The summed E-state index contributed by atoms with van der Waals surface area (Å²) >= 11 is 10.0. The van der Waals surface area contributed by atoms with Gasteiger partial charge in [0.25, 0.3) is 11.8 Å². The van der Waals surface area contributed by atoms with Crippen LogP contribution in [0.5, 0.6) is 11.5 Å². The molecule has 1 N–H and O–H groups in total. The van der Waals surface area contributed by atoms with Gasteiger partial charge in [-0.25, -0.2) is 4.68 Å². The Morgan fingerprint density at radius 3 is 1.78 bits per heavy atom. The number of hydrogen-bond acceptors (Lipinski definition) is 11. The van der Waals surface area contributed by atoms with E-state index in [9.17, 15) is 19.2 Å². The molecule has 8 rings (SSSR count). The second-order valence-corrected chi connectivity index (χ2v) is 17.1. The molecule has 0 radical (unpaired) electrons. The third-order valence-electron chi connectivity index (χ3n) is 10.1. The van der Waals surface area contributed by atoms with Crippen molar-refractivity contribution in [2.24, 2.45) is 5.10 Å². The van der Waals surface area contributed by atoms with Crippen LogP contribution in [0.15, 0.2) is 114 Å². The van der Waals surface area contributed by atoms with E-state index in [1.165, 1.54) is 17.4 Å². The number of rotatable bonds is 10. The molecule has 2 amide bonds. The number of aromatic nitrogens is 2. The summed E-state index contributed by atoms with van der Waals surface area (Å²) in [6.07, 6.45) is 3.55. The van der Waals surface area contributed by atoms with Crippen LogP contribution in [-0.4, -0.2) is 96.8 Å². The highest BCUT2D eigenvalue weighted by Gasteiger charge is 2.34. The van der Waals surface area contributed by atoms with Gasteiger partial charge < -0.3 is 28.9 Å². The average molecular weight is 1100 g/mol. The van der Waals surface area contributed by atoms with Crippen molar-refractivity contribution >= 4 is 102 Å². The Hall–Kier alpha value is -5.31. The molecule has 4 heterocycles. The average Bonchev–Trinajstić information content (AvgIpc) is 3.71. The number of ether oxygens (including phenoxy) is 3. The molecule has 0 bridgehead atoms. The largest absolute Gasteiger partial charge is 0.497 e. The molecule has 0 saturated carbocycles. The molecule has 0 atom stereocenters. The predicted molar refractivity (Wildman–Crippen MR) is 262 cm³/mol. The summed E-state index contributed by atoms with van der Waals surface area (Å²) < 4.78 is 19.4. The van der Waals surface area contributed by atoms with E-state index in [0.29, 0.717) is 49.0 Å². The number of hydrogen-bond donors (Lipinski definition) is 1. The molecular weight excluding hydrogens is 1050 g/mol. The standard InChI is InChI=1S/C21H18IN3O3.C15H17IN2O2.C10H11ClN2O2/c1-13(26)19-18-11-12-24(15-5-3-14(22)4-6-15)21(27)20(18)25(23-19)16-7-9-17(28-2)10-8-16;16-12-3-5-13(6-4-12)18-7-1-2-14(15(18)19)17-8-10-20-11-9-17;1-7(14)10(11)13-12-8-3-5-9(15-2)6-4-8/h3-10H,11-12H2,1-2H3;2-6H,1,7-11H2;3-6,12H,1-2H3/b;;13-10-. The Kier molecular flexibility index (Phi) is 16.7. The summed E-state index contributed by atoms with van der Waals surface area (Å²) in [5.74, 6) is 1.000. The molecule has 63 heavy (non-hydrogen) atoms. The van der Waals surface area contributed by atoms with E-state index in [1.807, 2.05) is 65.6 Å². The van der Waals surface area contributed by atoms with Crippen molar-refractivity contribution in [1.82, 2.24) is 14.7 Å². The lowest BCUT2D eigenvalue weighted by molar-refractivity contribution is -0.117. The lowest BCUT2D eigenvalue weighted by Gasteiger charge is -2.35. The lowest BCUT2D eigenvalue weighted by Crippen LogP contribution is -2.45. The number of anilines is 3. The van der Waals surface area contributed by atoms with Gasteiger partial charge in [0.15, 0.2) is 16.7 Å². The molecule has 14 nitrogen and oxygen atoms in total. The van der Waals surface area contributed by atoms with E-state index in [1.54, 1.807) is 60.2 Å². The van der Waals surface area contributed by atoms with Crippen molar-refractivity contribution < 1.29 is 33.4 Å². The number of morpholine rings is 1. The number of carbonyl (C=O) groups is 4. The number of benzene rings is 4. The van der Waals surface area contributed by atoms with Gasteiger partial charge in [-0.2, -0.15) is 10.2 Å². The van der Waals surface area contributed by atoms with Crippen molar-refractivity contribution in [3.63, 3.8) is 0 Å². The minimum Gasteiger partial charge on any atom is -0.497 e. The van der Waals surface area contributed by atoms with Gasteiger partial charge in [0.05, 0.1) is 44.5 Å². The number of amides is 2. The first kappa shape index (κ1) is 47.2. The Bertz CT molecular complexity index is 2470. The van der Waals surface area contributed by atoms with Crippen LogP contribution < -0.4 is 24.7 Å². The van der Waals surface area contributed by atoms with Crippen LogP contribution in [0.25, 0.3) is 5.69 Å². The number of methoxy groups -OCH3 is 2. The van der Waals surface area contributed by atoms with Crippen molar-refractivity contribution in [1.29, 1.82) is 0 Å². The summed E-state index contributed by atoms with van der Waals surface area (Å²) in [6, 6.07) is 30.3. The number of nitrogens with one attached hydrogen (secondary N) is 1. The molecule has 0 unspecified atom stereocenters. The maximum absolute atomic E-state index is 13.4. The number of nitrogens with zero attached hydrogens (tertiary/aromatic N) is 6. The highest BCUT2D eigenvalue weighted by Crippen LogP contribution is 2.30. The highest BCUT2D eigenvalue weighted by molar-refractivity contribution is 14.1. The van der Waals surface area contributed by atoms with Crippen LogP contribution in [0.1, 0.15) is 46.8 Å². The smallest absolute Gasteiger partial charge is 0.277 e. The fourth-order valence-corrected chi connectivity index (χ4v) is 7.63. The third kappa shape index (κ3) is 12.0. The van der Waals surface area contributed by atoms with Crippen LogP contribution in [0.2, 0.25) is 0 Å². The van der Waals surface area contributed by atoms with Crippen LogP contribution in [0.3, 0.4) is 0 Å². The number of fused-ring (bicyclic) bond motifs is 1. The number of Topliss-reactive ketones (excluding diaryl/α,β-unsaturated/α-hetero) is 2. The molecule has 1 fully saturated rings. The maximum Gasteiger partial charge on any atom is 0.277 e. The molecule has 328 valence electrons. The van der Waals surface area contributed by atoms with Gasteiger partial charge in [-0.05, 0) is 155 Å². The van der Waals surface area contributed by atoms with Gasteiger partial charge in [-0.3, -0.25) is 24.6 Å². The minimum absolute atomic E-state index is 0.0779. The summed E-state index contributed by atoms with van der Waals surface area (Å²) in [4.78, 5) is 54.7. The zero-order chi connectivity index (χ0) is 45.0. The van der Waals surface area contributed by atoms with Crippen molar-refractivity contribution in [2.45, 2.75) is 26.7 Å². The molecular formula is C46H46ClI2N7O7. The van der Waals surface area contributed by atoms with Crippen LogP contribution >= 0.6 is 56.8 Å². The first-order valence-corrected chi connectivity index (χ1v) is 22.5. The van der Waals surface area contributed by atoms with Gasteiger partial charge in [-0.1, -0.05) is 17.7 Å². The van der Waals surface area contributed by atoms with Crippen molar-refractivity contribution in [3.05, 3.63) is 133 Å². The fraction of sp³-hybridized carbons (Fsp3) is 0.261. The third-order valence-corrected chi connectivity index (χ3v) is 11.9. The van der Waals surface area contributed by atoms with E-state index in [4.69, 9.17) is 25.8 Å². The molecule has 3 aliphatic rings. The Morgan fingerprint density at radius 1 is 0.730 bits per heavy atom. The molecule has 1 aromatic heterocycles. The van der Waals surface area contributed by atoms with Gasteiger partial charge in [0, 0.05) is 64.1 Å². The van der Waals surface area contributed by atoms with Gasteiger partial charge in [-0.15, -0.1) is 0 Å². The molecule has 17 heteroatoms. The molecule has 4 aromatic carbocycles. The quantitative estimate of drug-likeness (QED) is 0.0626. The van der Waals surface area contributed by atoms with Crippen LogP contribution in [0, 0.1) is 7.14 Å². The van der Waals surface area contributed by atoms with Gasteiger partial charge in [0.2, 0.25) is 0 Å². The number of ketones is 2. The normalized spacial score (nSPS) is 14.9. The van der Waals surface area contributed by atoms with Crippen molar-refractivity contribution in [2.75, 3.05) is 68.8 Å². The molecule has 0 aliphatic carbocycles. The summed E-state index contributed by atoms with van der Waals surface area (Å²) in [6.45, 7) is 7.12. The molecule has 1 saturated heterocycles. The van der Waals surface area contributed by atoms with E-state index < -0.39 is 0 Å².